The van der Waals surface area contributed by atoms with Crippen LogP contribution in [0.2, 0.25) is 0 Å². The fourth-order valence-corrected chi connectivity index (χ4v) is 6.66. The van der Waals surface area contributed by atoms with Gasteiger partial charge in [0.05, 0.1) is 5.69 Å². The fraction of sp³-hybridized carbons (Fsp3) is 0.467. The van der Waals surface area contributed by atoms with Crippen LogP contribution in [-0.2, 0) is 24.8 Å². The highest BCUT2D eigenvalue weighted by atomic mass is 32.2. The third kappa shape index (κ3) is 4.42. The molecule has 2 aromatic rings. The van der Waals surface area contributed by atoms with Crippen molar-refractivity contribution in [3.63, 3.8) is 0 Å². The monoisotopic (exact) mass is 501 g/mol. The number of carbonyl (C=O) groups excluding carboxylic acids is 1. The van der Waals surface area contributed by atoms with E-state index in [1.807, 2.05) is 0 Å². The van der Waals surface area contributed by atoms with Gasteiger partial charge in [-0.05, 0) is 41.5 Å². The first-order chi connectivity index (χ1) is 15.6. The Balaban J connectivity index is 1.96. The van der Waals surface area contributed by atoms with Crippen molar-refractivity contribution in [2.45, 2.75) is 35.1 Å². The maximum Gasteiger partial charge on any atom is 0.276 e. The van der Waals surface area contributed by atoms with E-state index in [0.29, 0.717) is 25.9 Å². The Labute approximate surface area is 187 Å². The van der Waals surface area contributed by atoms with E-state index in [0.717, 1.165) is 15.8 Å². The second-order valence-electron chi connectivity index (χ2n) is 7.41. The van der Waals surface area contributed by atoms with Crippen LogP contribution in [0, 0.1) is 0 Å². The van der Waals surface area contributed by atoms with Gasteiger partial charge in [0.1, 0.15) is 20.7 Å². The summed E-state index contributed by atoms with van der Waals surface area (Å²) in [5.74, 6) is -0.691. The molecule has 33 heavy (non-hydrogen) atoms. The molecule has 3 heterocycles. The van der Waals surface area contributed by atoms with Crippen LogP contribution in [0.3, 0.4) is 0 Å². The molecule has 2 saturated heterocycles. The molecule has 0 radical (unpaired) electrons. The molecule has 0 saturated carbocycles. The number of rotatable bonds is 6. The number of anilines is 1. The van der Waals surface area contributed by atoms with Crippen LogP contribution >= 0.6 is 0 Å². The normalized spacial score (nSPS) is 21.1. The Morgan fingerprint density at radius 3 is 2.70 bits per heavy atom. The Bertz CT molecular complexity index is 1300. The predicted octanol–water partition coefficient (Wildman–Crippen LogP) is -3.28. The van der Waals surface area contributed by atoms with E-state index in [1.165, 1.54) is 6.07 Å². The second-order valence-corrected chi connectivity index (χ2v) is 10.6. The number of nitrogens with two attached hydrogens (primary N) is 1. The van der Waals surface area contributed by atoms with E-state index in [1.54, 1.807) is 0 Å². The van der Waals surface area contributed by atoms with Crippen molar-refractivity contribution in [2.75, 3.05) is 24.5 Å². The van der Waals surface area contributed by atoms with Crippen LogP contribution in [0.15, 0.2) is 27.1 Å². The van der Waals surface area contributed by atoms with Crippen LogP contribution in [0.5, 0.6) is 0 Å². The number of hydrogen-bond acceptors (Lipinski definition) is 11. The molecular formula is C15H21N10O6S2+. The van der Waals surface area contributed by atoms with E-state index in [2.05, 4.69) is 36.0 Å². The number of nitrogens with zero attached hydrogens (tertiary/aromatic N) is 6. The van der Waals surface area contributed by atoms with Crippen LogP contribution in [0.25, 0.3) is 5.69 Å². The molecule has 2 aliphatic rings. The van der Waals surface area contributed by atoms with E-state index in [-0.39, 0.29) is 30.1 Å². The first-order valence-corrected chi connectivity index (χ1v) is 12.8. The number of carbonyl (C=O) groups is 1. The molecule has 0 unspecified atom stereocenters. The Morgan fingerprint density at radius 2 is 2.09 bits per heavy atom. The van der Waals surface area contributed by atoms with Crippen LogP contribution in [0.1, 0.15) is 19.3 Å². The first-order valence-electron chi connectivity index (χ1n) is 9.75. The number of hydrogen-bond donors (Lipinski definition) is 5. The SMILES string of the molecule is NS(=O)(=O)c1c(S(=O)(=O)N[C@@H]2CCNC2)ccc(N2CCC/C(=N/O)C2=O)c1-[n+]1nnn[nH]1. The highest BCUT2D eigenvalue weighted by Crippen LogP contribution is 2.33. The van der Waals surface area contributed by atoms with Crippen LogP contribution < -0.4 is 24.9 Å². The predicted molar refractivity (Wildman–Crippen MR) is 109 cm³/mol. The molecule has 178 valence electrons. The maximum atomic E-state index is 13.2. The van der Waals surface area contributed by atoms with E-state index >= 15 is 0 Å². The average Bonchev–Trinajstić information content (AvgIpc) is 3.46. The lowest BCUT2D eigenvalue weighted by Gasteiger charge is -2.28. The number of benzene rings is 1. The van der Waals surface area contributed by atoms with Gasteiger partial charge in [-0.2, -0.15) is 0 Å². The van der Waals surface area contributed by atoms with Gasteiger partial charge in [-0.1, -0.05) is 5.16 Å². The van der Waals surface area contributed by atoms with Crippen LogP contribution in [0.4, 0.5) is 5.69 Å². The maximum absolute atomic E-state index is 13.2. The number of amides is 1. The van der Waals surface area contributed by atoms with Crippen molar-refractivity contribution in [3.05, 3.63) is 12.1 Å². The number of H-pyrrole nitrogens is 1. The fourth-order valence-electron chi connectivity index (χ4n) is 3.82. The molecule has 18 heteroatoms. The highest BCUT2D eigenvalue weighted by Gasteiger charge is 2.38. The summed E-state index contributed by atoms with van der Waals surface area (Å²) in [6.45, 7) is 1.11. The molecular weight excluding hydrogens is 480 g/mol. The lowest BCUT2D eigenvalue weighted by molar-refractivity contribution is -0.721. The highest BCUT2D eigenvalue weighted by molar-refractivity contribution is 7.92. The zero-order chi connectivity index (χ0) is 23.8. The zero-order valence-electron chi connectivity index (χ0n) is 17.0. The summed E-state index contributed by atoms with van der Waals surface area (Å²) in [5.41, 5.74) is -0.561. The summed E-state index contributed by atoms with van der Waals surface area (Å²) in [7, 11) is -9.05. The smallest absolute Gasteiger partial charge is 0.276 e. The summed E-state index contributed by atoms with van der Waals surface area (Å²) in [6, 6.07) is 1.85. The number of piperidine rings is 1. The quantitative estimate of drug-likeness (QED) is 0.150. The molecule has 2 fully saturated rings. The van der Waals surface area contributed by atoms with Gasteiger partial charge in [0, 0.05) is 25.6 Å². The number of aromatic nitrogens is 5. The molecule has 4 rings (SSSR count). The molecule has 2 aliphatic heterocycles. The van der Waals surface area contributed by atoms with Crippen molar-refractivity contribution in [2.24, 2.45) is 10.3 Å². The van der Waals surface area contributed by atoms with Gasteiger partial charge in [0.25, 0.3) is 5.91 Å². The van der Waals surface area contributed by atoms with E-state index in [9.17, 15) is 21.6 Å². The van der Waals surface area contributed by atoms with Crippen molar-refractivity contribution >= 4 is 37.4 Å². The van der Waals surface area contributed by atoms with E-state index < -0.39 is 41.8 Å². The van der Waals surface area contributed by atoms with Gasteiger partial charge in [-0.15, -0.1) is 0 Å². The summed E-state index contributed by atoms with van der Waals surface area (Å²) in [5, 5.41) is 33.4. The molecule has 0 bridgehead atoms. The minimum atomic E-state index is -4.69. The van der Waals surface area contributed by atoms with E-state index in [4.69, 9.17) is 10.3 Å². The number of oxime groups is 1. The molecule has 1 atom stereocenters. The first kappa shape index (κ1) is 23.1. The lowest BCUT2D eigenvalue weighted by Crippen LogP contribution is -2.47. The van der Waals surface area contributed by atoms with Crippen molar-refractivity contribution < 1.29 is 31.6 Å². The minimum Gasteiger partial charge on any atom is -0.410 e. The Kier molecular flexibility index (Phi) is 6.10. The molecule has 1 aromatic heterocycles. The minimum absolute atomic E-state index is 0.0464. The Hall–Kier alpha value is -3.06. The number of sulfonamides is 2. The third-order valence-corrected chi connectivity index (χ3v) is 7.93. The lowest BCUT2D eigenvalue weighted by atomic mass is 10.1. The van der Waals surface area contributed by atoms with Crippen molar-refractivity contribution in [1.82, 2.24) is 30.9 Å². The van der Waals surface area contributed by atoms with Gasteiger partial charge in [0.15, 0.2) is 5.69 Å². The summed E-state index contributed by atoms with van der Waals surface area (Å²) < 4.78 is 54.2. The zero-order valence-corrected chi connectivity index (χ0v) is 18.7. The average molecular weight is 502 g/mol. The molecule has 1 amide bonds. The summed E-state index contributed by atoms with van der Waals surface area (Å²) in [4.78, 5) is 13.3. The standard InChI is InChI=1S/C15H20N10O6S2/c16-32(28,29)14-12(33(30,31)19-9-5-6-17-8-9)4-3-11(13(14)25-22-20-21-23-25)24-7-1-2-10(18-27)15(24)26/h3-4,9,17,19H,1-2,5-8H2,(H3,16,26,27,28,29)/p+1/t9-/m1/s1. The van der Waals surface area contributed by atoms with Gasteiger partial charge < -0.3 is 15.4 Å². The topological polar surface area (TPSA) is 230 Å². The summed E-state index contributed by atoms with van der Waals surface area (Å²) >= 11 is 0. The van der Waals surface area contributed by atoms with Gasteiger partial charge in [-0.25, -0.2) is 26.7 Å². The number of primary sulfonamides is 1. The number of aromatic amines is 1. The van der Waals surface area contributed by atoms with Gasteiger partial charge in [-0.3, -0.25) is 4.79 Å². The third-order valence-electron chi connectivity index (χ3n) is 5.25. The molecule has 16 nitrogen and oxygen atoms in total. The Morgan fingerprint density at radius 1 is 1.30 bits per heavy atom. The van der Waals surface area contributed by atoms with Crippen LogP contribution in [-0.4, -0.2) is 80.2 Å². The van der Waals surface area contributed by atoms with Gasteiger partial charge >= 0.3 is 0 Å². The summed E-state index contributed by atoms with van der Waals surface area (Å²) in [6.07, 6.45) is 1.14. The molecule has 0 spiro atoms. The largest absolute Gasteiger partial charge is 0.410 e. The van der Waals surface area contributed by atoms with Crippen molar-refractivity contribution in [3.8, 4) is 5.69 Å². The number of nitrogens with one attached hydrogen (secondary N) is 3. The second kappa shape index (κ2) is 8.71. The molecule has 0 aliphatic carbocycles. The molecule has 6 N–H and O–H groups in total. The molecule has 1 aromatic carbocycles. The van der Waals surface area contributed by atoms with Crippen molar-refractivity contribution in [1.29, 1.82) is 0 Å². The van der Waals surface area contributed by atoms with Gasteiger partial charge in [0.2, 0.25) is 30.5 Å².